The van der Waals surface area contributed by atoms with Gasteiger partial charge < -0.3 is 31.3 Å². The highest BCUT2D eigenvalue weighted by atomic mass is 16.3. The van der Waals surface area contributed by atoms with Crippen LogP contribution in [0.2, 0.25) is 2.82 Å². The fourth-order valence-electron chi connectivity index (χ4n) is 4.20. The summed E-state index contributed by atoms with van der Waals surface area (Å²) in [7, 11) is 0. The minimum atomic E-state index is -3.18. The topological polar surface area (TPSA) is 178 Å². The van der Waals surface area contributed by atoms with Crippen LogP contribution in [0.15, 0.2) is 40.9 Å². The lowest BCUT2D eigenvalue weighted by Gasteiger charge is -2.49. The SMILES string of the molecule is [2H]OC1=C(C(=O)N([2H])[2H])C(=O)[C@@]2(O[2H])C(O)=C3C(=O)c4c(O[2H])cccc4[C@@](C)(O[2H])C3([2H])CC2C1([2H])[2H]. The Morgan fingerprint density at radius 3 is 2.86 bits per heavy atom. The first-order valence-corrected chi connectivity index (χ1v) is 8.46. The molecule has 1 amide bonds. The number of hydrogen-bond acceptors (Lipinski definition) is 8. The molecule has 0 saturated carbocycles. The number of aliphatic hydroxyl groups excluding tert-OH is 2. The summed E-state index contributed by atoms with van der Waals surface area (Å²) in [4.78, 5) is 40.0. The third-order valence-corrected chi connectivity index (χ3v) is 5.67. The summed E-state index contributed by atoms with van der Waals surface area (Å²) in [6, 6.07) is 3.84. The molecule has 2 unspecified atom stereocenters. The molecule has 0 heterocycles. The molecular formula is C20H19NO8. The first-order valence-electron chi connectivity index (χ1n) is 12.5. The minimum absolute atomic E-state index is 0.127. The van der Waals surface area contributed by atoms with Gasteiger partial charge in [0.2, 0.25) is 8.65 Å². The molecule has 9 heteroatoms. The lowest BCUT2D eigenvalue weighted by molar-refractivity contribution is -0.147. The number of carbonyl (C=O) groups excluding carboxylic acids is 3. The molecule has 0 radical (unpaired) electrons. The van der Waals surface area contributed by atoms with Crippen LogP contribution in [0.3, 0.4) is 0 Å². The second-order valence-corrected chi connectivity index (χ2v) is 7.22. The van der Waals surface area contributed by atoms with Crippen molar-refractivity contribution in [3.63, 3.8) is 0 Å². The van der Waals surface area contributed by atoms with Crippen LogP contribution in [0.25, 0.3) is 1.43 Å². The summed E-state index contributed by atoms with van der Waals surface area (Å²) >= 11 is 0. The van der Waals surface area contributed by atoms with Gasteiger partial charge in [-0.05, 0) is 25.0 Å². The number of phenols is 1. The van der Waals surface area contributed by atoms with Gasteiger partial charge in [-0.1, -0.05) is 12.1 Å². The number of benzene rings is 1. The van der Waals surface area contributed by atoms with Crippen LogP contribution in [0.4, 0.5) is 0 Å². The molecule has 1 aromatic rings. The zero-order chi connectivity index (χ0) is 28.6. The normalized spacial score (nSPS) is 42.1. The summed E-state index contributed by atoms with van der Waals surface area (Å²) in [6.45, 7) is 1.18. The van der Waals surface area contributed by atoms with Crippen molar-refractivity contribution in [2.24, 2.45) is 17.5 Å². The molecule has 4 atom stereocenters. The molecule has 29 heavy (non-hydrogen) atoms. The summed E-state index contributed by atoms with van der Waals surface area (Å²) in [5.74, 6) is -12.4. The molecular weight excluding hydrogens is 382 g/mol. The van der Waals surface area contributed by atoms with Crippen molar-refractivity contribution in [3.05, 3.63) is 52.0 Å². The van der Waals surface area contributed by atoms with E-state index in [0.29, 0.717) is 0 Å². The number of amides is 1. The largest absolute Gasteiger partial charge is 0.511 e. The molecule has 0 aromatic heterocycles. The number of hydrogen-bond donors (Lipinski definition) is 6. The maximum atomic E-state index is 13.8. The molecule has 0 aliphatic heterocycles. The Balaban J connectivity index is 2.16. The number of aliphatic hydroxyl groups is 4. The van der Waals surface area contributed by atoms with Crippen LogP contribution >= 0.6 is 0 Å². The van der Waals surface area contributed by atoms with E-state index >= 15 is 0 Å². The molecule has 4 rings (SSSR count). The molecule has 1 aromatic carbocycles. The summed E-state index contributed by atoms with van der Waals surface area (Å²) in [5, 5.41) is 29.8. The van der Waals surface area contributed by atoms with E-state index in [9.17, 15) is 20.9 Å². The third-order valence-electron chi connectivity index (χ3n) is 5.67. The van der Waals surface area contributed by atoms with E-state index in [1.165, 1.54) is 25.1 Å². The van der Waals surface area contributed by atoms with Gasteiger partial charge in [-0.2, -0.15) is 0 Å². The zero-order valence-electron chi connectivity index (χ0n) is 23.8. The highest BCUT2D eigenvalue weighted by Gasteiger charge is 2.62. The van der Waals surface area contributed by atoms with Gasteiger partial charge in [-0.25, -0.2) is 0 Å². The van der Waals surface area contributed by atoms with Crippen molar-refractivity contribution in [3.8, 4) is 5.75 Å². The Labute approximate surface area is 177 Å². The second-order valence-electron chi connectivity index (χ2n) is 7.22. The van der Waals surface area contributed by atoms with Crippen LogP contribution in [0.5, 0.6) is 5.75 Å². The Morgan fingerprint density at radius 2 is 2.21 bits per heavy atom. The average molecular weight is 410 g/mol. The van der Waals surface area contributed by atoms with Gasteiger partial charge in [0.15, 0.2) is 14.2 Å². The number of phenolic OH excluding ortho intramolecular Hbond substituents is 1. The Kier molecular flexibility index (Phi) is 2.18. The van der Waals surface area contributed by atoms with E-state index in [2.05, 4.69) is 15.3 Å². The summed E-state index contributed by atoms with van der Waals surface area (Å²) in [6.07, 6.45) is -4.11. The van der Waals surface area contributed by atoms with Crippen LogP contribution in [-0.2, 0) is 15.2 Å². The first-order chi connectivity index (χ1) is 17.7. The van der Waals surface area contributed by atoms with E-state index in [0.717, 1.165) is 0 Å². The summed E-state index contributed by atoms with van der Waals surface area (Å²) in [5.41, 5.74) is -8.88. The standard InChI is InChI=1S/C20H19NO8/c1-19(28)8-3-2-4-10(22)12(8)15(24)13-9(19)5-7-6-11(23)14(18(21)27)17(26)20(7,29)16(13)25/h2-4,7,9,22-23,25,28-29H,5-6H2,1H3,(H2,21,27)/t7?,9?,19-,20+/m1/s1/i6D2,9D,28D,29D/hD4. The van der Waals surface area contributed by atoms with Crippen LogP contribution in [0.1, 0.15) is 39.8 Å². The van der Waals surface area contributed by atoms with E-state index in [1.54, 1.807) is 0 Å². The van der Waals surface area contributed by atoms with Crippen molar-refractivity contribution >= 4 is 17.5 Å². The molecule has 3 aliphatic rings. The molecule has 0 spiro atoms. The lowest BCUT2D eigenvalue weighted by Crippen LogP contribution is -2.59. The fourth-order valence-corrected chi connectivity index (χ4v) is 4.20. The number of ketones is 2. The maximum Gasteiger partial charge on any atom is 0.293 e. The lowest BCUT2D eigenvalue weighted by atomic mass is 9.56. The molecule has 7 N–H and O–H groups in total. The highest BCUT2D eigenvalue weighted by molar-refractivity contribution is 6.24. The number of allylic oxidation sites excluding steroid dienone is 1. The maximum absolute atomic E-state index is 13.8. The number of aromatic hydroxyl groups is 1. The molecule has 0 saturated heterocycles. The van der Waals surface area contributed by atoms with Crippen molar-refractivity contribution in [2.45, 2.75) is 30.9 Å². The molecule has 152 valence electrons. The van der Waals surface area contributed by atoms with Gasteiger partial charge >= 0.3 is 0 Å². The van der Waals surface area contributed by atoms with Crippen LogP contribution < -0.4 is 5.72 Å². The van der Waals surface area contributed by atoms with Crippen LogP contribution in [0, 0.1) is 11.8 Å². The number of fused-ring (bicyclic) bond motifs is 3. The number of primary amides is 1. The quantitative estimate of drug-likeness (QED) is 0.374. The fraction of sp³-hybridized carbons (Fsp3) is 0.350. The second kappa shape index (κ2) is 5.68. The number of carbonyl (C=O) groups is 3. The molecule has 0 fully saturated rings. The van der Waals surface area contributed by atoms with E-state index in [4.69, 9.17) is 16.4 Å². The predicted molar refractivity (Wildman–Crippen MR) is 96.7 cm³/mol. The molecule has 3 aliphatic carbocycles. The van der Waals surface area contributed by atoms with Gasteiger partial charge in [-0.15, -0.1) is 0 Å². The van der Waals surface area contributed by atoms with E-state index in [-0.39, 0.29) is 11.3 Å². The van der Waals surface area contributed by atoms with Gasteiger partial charge in [0.25, 0.3) is 8.77 Å². The monoisotopic (exact) mass is 410 g/mol. The van der Waals surface area contributed by atoms with E-state index < -0.39 is 87.2 Å². The van der Waals surface area contributed by atoms with Gasteiger partial charge in [0.1, 0.15) is 22.8 Å². The van der Waals surface area contributed by atoms with Gasteiger partial charge in [0.05, 0.1) is 11.2 Å². The Bertz CT molecular complexity index is 1330. The number of Topliss-reactive ketones (excluding diaryl/α,β-unsaturated/α-hetero) is 2. The van der Waals surface area contributed by atoms with E-state index in [1.807, 2.05) is 0 Å². The first kappa shape index (κ1) is 11.1. The van der Waals surface area contributed by atoms with Crippen LogP contribution in [-0.4, -0.2) is 52.9 Å². The average Bonchev–Trinajstić information content (AvgIpc) is 2.88. The molecule has 0 bridgehead atoms. The van der Waals surface area contributed by atoms with Gasteiger partial charge in [0, 0.05) is 27.9 Å². The Hall–Kier alpha value is -3.17. The summed E-state index contributed by atoms with van der Waals surface area (Å²) < 4.78 is 71.2. The highest BCUT2D eigenvalue weighted by Crippen LogP contribution is 2.55. The number of nitrogens with two attached hydrogens (primary N) is 1. The Morgan fingerprint density at radius 1 is 1.38 bits per heavy atom. The van der Waals surface area contributed by atoms with Crippen molar-refractivity contribution < 1.29 is 46.9 Å². The van der Waals surface area contributed by atoms with Crippen molar-refractivity contribution in [1.29, 1.82) is 5.72 Å². The minimum Gasteiger partial charge on any atom is -0.511 e. The van der Waals surface area contributed by atoms with Gasteiger partial charge in [-0.3, -0.25) is 14.4 Å². The predicted octanol–water partition coefficient (Wildman–Crippen LogP) is 0.245. The van der Waals surface area contributed by atoms with Crippen molar-refractivity contribution in [2.75, 3.05) is 0 Å². The third kappa shape index (κ3) is 2.19. The van der Waals surface area contributed by atoms with Crippen molar-refractivity contribution in [1.82, 2.24) is 0 Å². The zero-order valence-corrected chi connectivity index (χ0v) is 14.8. The molecule has 9 nitrogen and oxygen atoms in total. The smallest absolute Gasteiger partial charge is 0.293 e. The number of rotatable bonds is 5.